The van der Waals surface area contributed by atoms with Crippen LogP contribution in [0.15, 0.2) is 18.3 Å². The number of pyridine rings is 1. The second-order valence-corrected chi connectivity index (χ2v) is 4.80. The van der Waals surface area contributed by atoms with Crippen molar-refractivity contribution in [2.45, 2.75) is 13.3 Å². The van der Waals surface area contributed by atoms with Gasteiger partial charge in [0.15, 0.2) is 0 Å². The van der Waals surface area contributed by atoms with Crippen LogP contribution in [-0.2, 0) is 10.0 Å². The van der Waals surface area contributed by atoms with Gasteiger partial charge in [0.25, 0.3) is 0 Å². The zero-order valence-corrected chi connectivity index (χ0v) is 9.08. The summed E-state index contributed by atoms with van der Waals surface area (Å²) in [5, 5.41) is 8.61. The molecule has 5 nitrogen and oxygen atoms in total. The molecule has 0 radical (unpaired) electrons. The molecule has 0 saturated carbocycles. The first kappa shape index (κ1) is 11.5. The predicted molar refractivity (Wildman–Crippen MR) is 56.7 cm³/mol. The van der Waals surface area contributed by atoms with E-state index < -0.39 is 10.0 Å². The number of nitriles is 1. The van der Waals surface area contributed by atoms with Gasteiger partial charge in [0.2, 0.25) is 10.0 Å². The summed E-state index contributed by atoms with van der Waals surface area (Å²) in [4.78, 5) is 3.81. The van der Waals surface area contributed by atoms with Crippen LogP contribution in [0.2, 0.25) is 0 Å². The highest BCUT2D eigenvalue weighted by Gasteiger charge is 2.09. The van der Waals surface area contributed by atoms with E-state index in [2.05, 4.69) is 9.71 Å². The zero-order valence-electron chi connectivity index (χ0n) is 8.27. The van der Waals surface area contributed by atoms with Gasteiger partial charge in [-0.1, -0.05) is 6.92 Å². The fraction of sp³-hybridized carbons (Fsp3) is 0.333. The highest BCUT2D eigenvalue weighted by Crippen LogP contribution is 2.08. The third-order valence-electron chi connectivity index (χ3n) is 1.62. The molecule has 0 aliphatic carbocycles. The van der Waals surface area contributed by atoms with E-state index in [0.717, 1.165) is 0 Å². The molecule has 0 aromatic carbocycles. The van der Waals surface area contributed by atoms with E-state index in [4.69, 9.17) is 5.26 Å². The molecule has 6 heteroatoms. The van der Waals surface area contributed by atoms with E-state index in [0.29, 0.717) is 12.0 Å². The van der Waals surface area contributed by atoms with E-state index in [1.54, 1.807) is 6.92 Å². The predicted octanol–water partition coefficient (Wildman–Crippen LogP) is 1.10. The number of nitrogens with zero attached hydrogens (tertiary/aromatic N) is 2. The Kier molecular flexibility index (Phi) is 3.63. The SMILES string of the molecule is CCCS(=O)(=O)Nc1cc(C#N)ccn1. The molecule has 0 aliphatic rings. The largest absolute Gasteiger partial charge is 0.267 e. The van der Waals surface area contributed by atoms with Gasteiger partial charge in [0.1, 0.15) is 5.82 Å². The zero-order chi connectivity index (χ0) is 11.3. The molecule has 1 N–H and O–H groups in total. The molecule has 1 aromatic rings. The summed E-state index contributed by atoms with van der Waals surface area (Å²) in [6.45, 7) is 1.78. The lowest BCUT2D eigenvalue weighted by atomic mass is 10.3. The van der Waals surface area contributed by atoms with Crippen molar-refractivity contribution in [2.24, 2.45) is 0 Å². The smallest absolute Gasteiger partial charge is 0.233 e. The third kappa shape index (κ3) is 3.56. The van der Waals surface area contributed by atoms with Crippen molar-refractivity contribution in [1.29, 1.82) is 5.26 Å². The fourth-order valence-electron chi connectivity index (χ4n) is 1.03. The van der Waals surface area contributed by atoms with Crippen LogP contribution in [0.5, 0.6) is 0 Å². The van der Waals surface area contributed by atoms with Crippen LogP contribution in [0.4, 0.5) is 5.82 Å². The van der Waals surface area contributed by atoms with E-state index in [-0.39, 0.29) is 11.6 Å². The van der Waals surface area contributed by atoms with Gasteiger partial charge in [0.05, 0.1) is 17.4 Å². The van der Waals surface area contributed by atoms with Crippen molar-refractivity contribution in [2.75, 3.05) is 10.5 Å². The van der Waals surface area contributed by atoms with Crippen molar-refractivity contribution in [3.63, 3.8) is 0 Å². The normalized spacial score (nSPS) is 10.7. The highest BCUT2D eigenvalue weighted by molar-refractivity contribution is 7.92. The van der Waals surface area contributed by atoms with E-state index >= 15 is 0 Å². The average molecular weight is 225 g/mol. The molecule has 0 amide bonds. The average Bonchev–Trinajstić information content (AvgIpc) is 2.17. The summed E-state index contributed by atoms with van der Waals surface area (Å²) in [5.41, 5.74) is 0.374. The minimum Gasteiger partial charge on any atom is -0.267 e. The molecule has 0 unspecified atom stereocenters. The van der Waals surface area contributed by atoms with Crippen LogP contribution in [0.3, 0.4) is 0 Å². The van der Waals surface area contributed by atoms with E-state index in [1.807, 2.05) is 6.07 Å². The third-order valence-corrected chi connectivity index (χ3v) is 3.09. The van der Waals surface area contributed by atoms with Crippen molar-refractivity contribution in [1.82, 2.24) is 4.98 Å². The Hall–Kier alpha value is -1.61. The number of aromatic nitrogens is 1. The van der Waals surface area contributed by atoms with Gasteiger partial charge in [-0.05, 0) is 18.6 Å². The number of rotatable bonds is 4. The van der Waals surface area contributed by atoms with Crippen molar-refractivity contribution in [3.8, 4) is 6.07 Å². The summed E-state index contributed by atoms with van der Waals surface area (Å²) < 4.78 is 25.0. The Morgan fingerprint density at radius 1 is 1.60 bits per heavy atom. The van der Waals surface area contributed by atoms with Gasteiger partial charge in [-0.15, -0.1) is 0 Å². The lowest BCUT2D eigenvalue weighted by Crippen LogP contribution is -2.16. The van der Waals surface area contributed by atoms with Crippen LogP contribution in [0.25, 0.3) is 0 Å². The molecule has 1 rings (SSSR count). The summed E-state index contributed by atoms with van der Waals surface area (Å²) in [6, 6.07) is 4.82. The molecule has 1 aromatic heterocycles. The molecule has 0 spiro atoms. The molecule has 0 atom stereocenters. The number of hydrogen-bond acceptors (Lipinski definition) is 4. The number of hydrogen-bond donors (Lipinski definition) is 1. The maximum Gasteiger partial charge on any atom is 0.233 e. The number of anilines is 1. The minimum absolute atomic E-state index is 0.0471. The van der Waals surface area contributed by atoms with E-state index in [1.165, 1.54) is 18.3 Å². The van der Waals surface area contributed by atoms with Crippen molar-refractivity contribution >= 4 is 15.8 Å². The van der Waals surface area contributed by atoms with Crippen LogP contribution >= 0.6 is 0 Å². The number of sulfonamides is 1. The van der Waals surface area contributed by atoms with E-state index in [9.17, 15) is 8.42 Å². The second kappa shape index (κ2) is 4.75. The Balaban J connectivity index is 2.86. The van der Waals surface area contributed by atoms with Gasteiger partial charge in [-0.3, -0.25) is 4.72 Å². The van der Waals surface area contributed by atoms with Crippen LogP contribution in [-0.4, -0.2) is 19.2 Å². The molecule has 0 fully saturated rings. The van der Waals surface area contributed by atoms with Gasteiger partial charge >= 0.3 is 0 Å². The Labute approximate surface area is 88.8 Å². The summed E-state index contributed by atoms with van der Waals surface area (Å²) in [5.74, 6) is 0.230. The van der Waals surface area contributed by atoms with Crippen LogP contribution in [0.1, 0.15) is 18.9 Å². The molecular formula is C9H11N3O2S. The Bertz CT molecular complexity index is 476. The molecule has 1 heterocycles. The fourth-order valence-corrected chi connectivity index (χ4v) is 2.10. The molecule has 0 saturated heterocycles. The topological polar surface area (TPSA) is 82.9 Å². The second-order valence-electron chi connectivity index (χ2n) is 2.96. The standard InChI is InChI=1S/C9H11N3O2S/c1-2-5-15(13,14)12-9-6-8(7-10)3-4-11-9/h3-4,6H,2,5H2,1H3,(H,11,12). The molecular weight excluding hydrogens is 214 g/mol. The van der Waals surface area contributed by atoms with Crippen molar-refractivity contribution in [3.05, 3.63) is 23.9 Å². The quantitative estimate of drug-likeness (QED) is 0.831. The van der Waals surface area contributed by atoms with Crippen LogP contribution < -0.4 is 4.72 Å². The first-order valence-corrected chi connectivity index (χ1v) is 6.09. The number of nitrogens with one attached hydrogen (secondary N) is 1. The summed E-state index contributed by atoms with van der Waals surface area (Å²) >= 11 is 0. The lowest BCUT2D eigenvalue weighted by molar-refractivity contribution is 0.599. The van der Waals surface area contributed by atoms with Gasteiger partial charge < -0.3 is 0 Å². The molecule has 80 valence electrons. The van der Waals surface area contributed by atoms with Crippen molar-refractivity contribution < 1.29 is 8.42 Å². The first-order chi connectivity index (χ1) is 7.07. The summed E-state index contributed by atoms with van der Waals surface area (Å²) in [7, 11) is -3.33. The maximum atomic E-state index is 11.4. The molecule has 0 bridgehead atoms. The highest BCUT2D eigenvalue weighted by atomic mass is 32.2. The van der Waals surface area contributed by atoms with Gasteiger partial charge in [-0.25, -0.2) is 13.4 Å². The van der Waals surface area contributed by atoms with Crippen LogP contribution in [0, 0.1) is 11.3 Å². The monoisotopic (exact) mass is 225 g/mol. The van der Waals surface area contributed by atoms with Gasteiger partial charge in [0, 0.05) is 6.20 Å². The Morgan fingerprint density at radius 3 is 2.93 bits per heavy atom. The lowest BCUT2D eigenvalue weighted by Gasteiger charge is -2.05. The van der Waals surface area contributed by atoms with Gasteiger partial charge in [-0.2, -0.15) is 5.26 Å². The Morgan fingerprint density at radius 2 is 2.33 bits per heavy atom. The first-order valence-electron chi connectivity index (χ1n) is 4.44. The minimum atomic E-state index is -3.33. The summed E-state index contributed by atoms with van der Waals surface area (Å²) in [6.07, 6.45) is 1.93. The maximum absolute atomic E-state index is 11.4. The molecule has 15 heavy (non-hydrogen) atoms. The molecule has 0 aliphatic heterocycles.